The number of carbonyl (C=O) groups is 1. The Morgan fingerprint density at radius 3 is 2.35 bits per heavy atom. The third kappa shape index (κ3) is 11.0. The van der Waals surface area contributed by atoms with Gasteiger partial charge >= 0.3 is 5.97 Å². The Labute approximate surface area is 266 Å². The predicted molar refractivity (Wildman–Crippen MR) is 178 cm³/mol. The van der Waals surface area contributed by atoms with Gasteiger partial charge < -0.3 is 14.6 Å². The molecule has 0 heterocycles. The van der Waals surface area contributed by atoms with Gasteiger partial charge in [-0.1, -0.05) is 55.2 Å². The molecule has 4 N–H and O–H groups in total. The molecular weight excluding hydrogens is 556 g/mol. The molecule has 7 heteroatoms. The molecule has 0 spiro atoms. The quantitative estimate of drug-likeness (QED) is 0.0388. The molecule has 0 bridgehead atoms. The maximum Gasteiger partial charge on any atom is 0.335 e. The fraction of sp³-hybridized carbons (Fsp3) is 0.806. The van der Waals surface area contributed by atoms with Crippen molar-refractivity contribution in [2.45, 2.75) is 103 Å². The van der Waals surface area contributed by atoms with Gasteiger partial charge in [-0.3, -0.25) is 5.84 Å². The maximum atomic E-state index is 11.9. The maximum absolute atomic E-state index is 11.9. The van der Waals surface area contributed by atoms with Gasteiger partial charge in [0.05, 0.1) is 25.4 Å². The van der Waals surface area contributed by atoms with Crippen LogP contribution in [0.5, 0.6) is 0 Å². The number of esters is 1. The van der Waals surface area contributed by atoms with Crippen molar-refractivity contribution in [3.63, 3.8) is 0 Å². The van der Waals surface area contributed by atoms with Crippen molar-refractivity contribution >= 4 is 17.9 Å². The molecule has 4 aliphatic carbocycles. The topological polar surface area (TPSA) is 93.8 Å². The number of allylic oxidation sites excluding steroid dienone is 4. The summed E-state index contributed by atoms with van der Waals surface area (Å²) in [6.07, 6.45) is 29.2. The van der Waals surface area contributed by atoms with E-state index < -0.39 is 5.97 Å². The molecule has 6 nitrogen and oxygen atoms in total. The predicted octanol–water partition coefficient (Wildman–Crippen LogP) is 7.54. The zero-order valence-corrected chi connectivity index (χ0v) is 27.7. The lowest BCUT2D eigenvalue weighted by Gasteiger charge is -2.43. The van der Waals surface area contributed by atoms with E-state index in [2.05, 4.69) is 29.6 Å². The van der Waals surface area contributed by atoms with Gasteiger partial charge in [0.25, 0.3) is 0 Å². The molecule has 43 heavy (non-hydrogen) atoms. The zero-order valence-electron chi connectivity index (χ0n) is 26.9. The fourth-order valence-electron chi connectivity index (χ4n) is 8.74. The first kappa shape index (κ1) is 34.7. The summed E-state index contributed by atoms with van der Waals surface area (Å²) < 4.78 is 10.8. The number of fused-ring (bicyclic) bond motifs is 1. The summed E-state index contributed by atoms with van der Waals surface area (Å²) in [6, 6.07) is 0. The van der Waals surface area contributed by atoms with Crippen molar-refractivity contribution in [1.82, 2.24) is 4.83 Å². The Balaban J connectivity index is 1.11. The van der Waals surface area contributed by atoms with Gasteiger partial charge in [-0.25, -0.2) is 9.63 Å². The Bertz CT molecular complexity index is 907. The van der Waals surface area contributed by atoms with Crippen molar-refractivity contribution in [3.05, 3.63) is 36.0 Å². The molecule has 4 rings (SSSR count). The molecule has 0 saturated heterocycles. The second kappa shape index (κ2) is 18.8. The Morgan fingerprint density at radius 1 is 1.00 bits per heavy atom. The van der Waals surface area contributed by atoms with E-state index in [4.69, 9.17) is 20.4 Å². The van der Waals surface area contributed by atoms with Crippen LogP contribution in [0, 0.1) is 47.3 Å². The third-order valence-corrected chi connectivity index (χ3v) is 12.0. The van der Waals surface area contributed by atoms with E-state index in [1.165, 1.54) is 96.3 Å². The van der Waals surface area contributed by atoms with Crippen molar-refractivity contribution in [2.24, 2.45) is 53.2 Å². The number of nitrogens with two attached hydrogens (primary N) is 1. The molecule has 3 saturated carbocycles. The lowest BCUT2D eigenvalue weighted by molar-refractivity contribution is -0.141. The monoisotopic (exact) mass is 616 g/mol. The molecule has 4 unspecified atom stereocenters. The number of methoxy groups -OCH3 is 1. The zero-order chi connectivity index (χ0) is 30.4. The number of nitrogens with one attached hydrogen (secondary N) is 1. The molecule has 0 radical (unpaired) electrons. The summed E-state index contributed by atoms with van der Waals surface area (Å²) in [5, 5.41) is 9.08. The van der Waals surface area contributed by atoms with Crippen LogP contribution < -0.4 is 10.7 Å². The molecule has 0 aromatic heterocycles. The van der Waals surface area contributed by atoms with E-state index >= 15 is 0 Å². The molecule has 0 aromatic rings. The minimum Gasteiger partial charge on any atom is -0.462 e. The minimum atomic E-state index is -0.498. The van der Waals surface area contributed by atoms with Gasteiger partial charge in [-0.15, -0.1) is 0 Å². The SMILES string of the molecule is C=C(CO)C(=O)OCC(CCC1CCC(C2CCC(C3CCC4C=C(CCCCSNN)C=CC4C3)CC2)CC1)COC. The number of ether oxygens (including phenoxy) is 2. The van der Waals surface area contributed by atoms with Crippen LogP contribution >= 0.6 is 11.9 Å². The van der Waals surface area contributed by atoms with Crippen LogP contribution in [0.4, 0.5) is 0 Å². The van der Waals surface area contributed by atoms with Crippen LogP contribution in [-0.4, -0.2) is 43.8 Å². The van der Waals surface area contributed by atoms with Gasteiger partial charge in [0.2, 0.25) is 0 Å². The van der Waals surface area contributed by atoms with Gasteiger partial charge in [-0.05, 0) is 131 Å². The highest BCUT2D eigenvalue weighted by Crippen LogP contribution is 2.48. The van der Waals surface area contributed by atoms with E-state index in [1.807, 2.05) is 0 Å². The van der Waals surface area contributed by atoms with Gasteiger partial charge in [0.15, 0.2) is 0 Å². The van der Waals surface area contributed by atoms with E-state index in [-0.39, 0.29) is 18.1 Å². The minimum absolute atomic E-state index is 0.113. The van der Waals surface area contributed by atoms with Crippen LogP contribution in [0.25, 0.3) is 0 Å². The number of unbranched alkanes of at least 4 members (excludes halogenated alkanes) is 1. The number of aliphatic hydroxyl groups is 1. The molecule has 0 aliphatic heterocycles. The van der Waals surface area contributed by atoms with E-state index in [9.17, 15) is 4.79 Å². The first-order chi connectivity index (χ1) is 21.0. The molecule has 244 valence electrons. The summed E-state index contributed by atoms with van der Waals surface area (Å²) in [6.45, 7) is 4.14. The van der Waals surface area contributed by atoms with Crippen LogP contribution in [0.1, 0.15) is 103 Å². The highest BCUT2D eigenvalue weighted by Gasteiger charge is 2.37. The fourth-order valence-corrected chi connectivity index (χ4v) is 9.21. The summed E-state index contributed by atoms with van der Waals surface area (Å²) in [4.78, 5) is 14.6. The van der Waals surface area contributed by atoms with Crippen LogP contribution in [0.15, 0.2) is 36.0 Å². The second-order valence-corrected chi connectivity index (χ2v) is 15.1. The summed E-state index contributed by atoms with van der Waals surface area (Å²) >= 11 is 1.61. The molecule has 3 fully saturated rings. The number of hydrogen-bond acceptors (Lipinski definition) is 7. The van der Waals surface area contributed by atoms with Gasteiger partial charge in [0, 0.05) is 18.8 Å². The first-order valence-electron chi connectivity index (χ1n) is 17.4. The standard InChI is InChI=1S/C36H60N2O4S/c1-26(23-39)36(40)42-25-29(24-41-2)7-6-27-8-11-30(12-9-27)31-14-16-32(17-15-31)34-19-18-33-21-28(10-13-35(33)22-34)5-3-4-20-43-38-37/h10,13,21,27,29-35,38-39H,1,3-9,11-12,14-20,22-25,37H2,2H3. The molecular formula is C36H60N2O4S. The summed E-state index contributed by atoms with van der Waals surface area (Å²) in [5.41, 5.74) is 1.68. The normalized spacial score (nSPS) is 31.6. The molecule has 0 aromatic carbocycles. The lowest BCUT2D eigenvalue weighted by atomic mass is 9.62. The Morgan fingerprint density at radius 2 is 1.67 bits per heavy atom. The highest BCUT2D eigenvalue weighted by atomic mass is 32.2. The molecule has 4 aliphatic rings. The highest BCUT2D eigenvalue weighted by molar-refractivity contribution is 7.97. The lowest BCUT2D eigenvalue weighted by Crippen LogP contribution is -2.32. The number of rotatable bonds is 17. The van der Waals surface area contributed by atoms with Crippen molar-refractivity contribution < 1.29 is 19.4 Å². The number of hydrogen-bond donors (Lipinski definition) is 3. The summed E-state index contributed by atoms with van der Waals surface area (Å²) in [5.74, 6) is 12.3. The Hall–Kier alpha value is -1.12. The number of hydrazine groups is 1. The Kier molecular flexibility index (Phi) is 15.2. The van der Waals surface area contributed by atoms with Crippen molar-refractivity contribution in [3.8, 4) is 0 Å². The summed E-state index contributed by atoms with van der Waals surface area (Å²) in [7, 11) is 1.71. The van der Waals surface area contributed by atoms with Crippen LogP contribution in [0.3, 0.4) is 0 Å². The number of carbonyl (C=O) groups excluding carboxylic acids is 1. The van der Waals surface area contributed by atoms with Gasteiger partial charge in [0.1, 0.15) is 0 Å². The second-order valence-electron chi connectivity index (χ2n) is 14.1. The van der Waals surface area contributed by atoms with E-state index in [0.717, 1.165) is 53.6 Å². The largest absolute Gasteiger partial charge is 0.462 e. The van der Waals surface area contributed by atoms with Crippen molar-refractivity contribution in [2.75, 3.05) is 32.7 Å². The van der Waals surface area contributed by atoms with Crippen LogP contribution in [-0.2, 0) is 14.3 Å². The van der Waals surface area contributed by atoms with E-state index in [1.54, 1.807) is 24.6 Å². The van der Waals surface area contributed by atoms with E-state index in [0.29, 0.717) is 13.2 Å². The third-order valence-electron chi connectivity index (χ3n) is 11.4. The van der Waals surface area contributed by atoms with Crippen molar-refractivity contribution in [1.29, 1.82) is 0 Å². The molecule has 0 amide bonds. The average Bonchev–Trinajstić information content (AvgIpc) is 3.05. The average molecular weight is 617 g/mol. The molecule has 4 atom stereocenters. The van der Waals surface area contributed by atoms with Crippen LogP contribution in [0.2, 0.25) is 0 Å². The first-order valence-corrected chi connectivity index (χ1v) is 18.4. The number of aliphatic hydroxyl groups excluding tert-OH is 1. The smallest absolute Gasteiger partial charge is 0.335 e. The van der Waals surface area contributed by atoms with Gasteiger partial charge in [-0.2, -0.15) is 0 Å².